The minimum Gasteiger partial charge on any atom is -0.478 e. The summed E-state index contributed by atoms with van der Waals surface area (Å²) in [6, 6.07) is 17.4. The van der Waals surface area contributed by atoms with E-state index < -0.39 is 5.97 Å². The Hall–Kier alpha value is -3.41. The van der Waals surface area contributed by atoms with Gasteiger partial charge in [0.1, 0.15) is 5.82 Å². The number of hydrogen-bond donors (Lipinski definition) is 2. The lowest BCUT2D eigenvalue weighted by atomic mass is 9.71. The fourth-order valence-electron chi connectivity index (χ4n) is 5.49. The highest BCUT2D eigenvalue weighted by Crippen LogP contribution is 2.43. The zero-order valence-electron chi connectivity index (χ0n) is 21.3. The normalized spacial score (nSPS) is 16.9. The number of hydrogen-bond acceptors (Lipinski definition) is 4. The third-order valence-electron chi connectivity index (χ3n) is 7.73. The van der Waals surface area contributed by atoms with Crippen molar-refractivity contribution < 1.29 is 14.7 Å². The number of aromatic carboxylic acids is 1. The summed E-state index contributed by atoms with van der Waals surface area (Å²) in [6.45, 7) is 10.4. The van der Waals surface area contributed by atoms with E-state index in [1.54, 1.807) is 12.1 Å². The van der Waals surface area contributed by atoms with Crippen molar-refractivity contribution >= 4 is 17.6 Å². The number of anilines is 1. The van der Waals surface area contributed by atoms with Gasteiger partial charge in [-0.15, -0.1) is 0 Å². The fourth-order valence-corrected chi connectivity index (χ4v) is 5.49. The number of aryl methyl sites for hydroxylation is 1. The summed E-state index contributed by atoms with van der Waals surface area (Å²) in [4.78, 5) is 25.3. The number of carbonyl (C=O) groups is 2. The van der Waals surface area contributed by atoms with Crippen molar-refractivity contribution in [3.8, 4) is 0 Å². The largest absolute Gasteiger partial charge is 0.478 e. The molecular formula is C29H35N3O3. The van der Waals surface area contributed by atoms with Crippen LogP contribution in [0.1, 0.15) is 97.0 Å². The molecule has 1 unspecified atom stereocenters. The van der Waals surface area contributed by atoms with Gasteiger partial charge >= 0.3 is 5.97 Å². The Morgan fingerprint density at radius 1 is 1.09 bits per heavy atom. The number of fused-ring (bicyclic) bond motifs is 1. The predicted octanol–water partition coefficient (Wildman–Crippen LogP) is 6.51. The Labute approximate surface area is 207 Å². The van der Waals surface area contributed by atoms with Crippen LogP contribution in [0, 0.1) is 6.92 Å². The maximum absolute atomic E-state index is 13.9. The molecule has 1 aliphatic rings. The highest BCUT2D eigenvalue weighted by atomic mass is 16.4. The van der Waals surface area contributed by atoms with Crippen molar-refractivity contribution in [1.82, 2.24) is 9.78 Å². The number of carboxylic acid groups (broad SMARTS) is 1. The number of aromatic nitrogens is 2. The van der Waals surface area contributed by atoms with Gasteiger partial charge in [0.25, 0.3) is 0 Å². The van der Waals surface area contributed by atoms with Gasteiger partial charge in [0.15, 0.2) is 5.78 Å². The van der Waals surface area contributed by atoms with Gasteiger partial charge in [-0.05, 0) is 63.3 Å². The van der Waals surface area contributed by atoms with Crippen molar-refractivity contribution in [2.24, 2.45) is 0 Å². The molecule has 0 amide bonds. The molecule has 6 heteroatoms. The van der Waals surface area contributed by atoms with Gasteiger partial charge < -0.3 is 10.4 Å². The third kappa shape index (κ3) is 4.49. The molecule has 35 heavy (non-hydrogen) atoms. The molecule has 0 radical (unpaired) electrons. The summed E-state index contributed by atoms with van der Waals surface area (Å²) < 4.78 is 1.98. The number of carbonyl (C=O) groups excluding carboxylic acids is 1. The van der Waals surface area contributed by atoms with Crippen molar-refractivity contribution in [2.75, 3.05) is 5.32 Å². The molecule has 0 bridgehead atoms. The maximum atomic E-state index is 13.9. The topological polar surface area (TPSA) is 84.2 Å². The average Bonchev–Trinajstić information content (AvgIpc) is 3.20. The molecule has 6 nitrogen and oxygen atoms in total. The van der Waals surface area contributed by atoms with E-state index in [0.717, 1.165) is 36.3 Å². The molecule has 2 aromatic carbocycles. The second kappa shape index (κ2) is 9.33. The molecule has 1 atom stereocenters. The average molecular weight is 474 g/mol. The fraction of sp³-hybridized carbons (Fsp3) is 0.414. The van der Waals surface area contributed by atoms with Crippen molar-refractivity contribution in [2.45, 2.75) is 77.3 Å². The second-order valence-corrected chi connectivity index (χ2v) is 10.3. The Bertz CT molecular complexity index is 1220. The second-order valence-electron chi connectivity index (χ2n) is 10.3. The summed E-state index contributed by atoms with van der Waals surface area (Å²) in [5, 5.41) is 17.7. The van der Waals surface area contributed by atoms with Crippen molar-refractivity contribution in [1.29, 1.82) is 0 Å². The van der Waals surface area contributed by atoms with Crippen LogP contribution in [0.15, 0.2) is 54.6 Å². The molecule has 0 fully saturated rings. The van der Waals surface area contributed by atoms with E-state index in [9.17, 15) is 14.7 Å². The van der Waals surface area contributed by atoms with Crippen LogP contribution in [-0.2, 0) is 11.0 Å². The van der Waals surface area contributed by atoms with Gasteiger partial charge in [0.2, 0.25) is 0 Å². The number of carboxylic acids is 1. The summed E-state index contributed by atoms with van der Waals surface area (Å²) in [7, 11) is 0. The van der Waals surface area contributed by atoms with E-state index in [4.69, 9.17) is 5.10 Å². The monoisotopic (exact) mass is 473 g/mol. The van der Waals surface area contributed by atoms with Crippen LogP contribution in [-0.4, -0.2) is 26.6 Å². The van der Waals surface area contributed by atoms with E-state index in [2.05, 4.69) is 45.1 Å². The van der Waals surface area contributed by atoms with Gasteiger partial charge in [-0.2, -0.15) is 5.10 Å². The number of benzene rings is 2. The first-order chi connectivity index (χ1) is 16.6. The van der Waals surface area contributed by atoms with Crippen LogP contribution < -0.4 is 5.32 Å². The van der Waals surface area contributed by atoms with E-state index in [1.165, 1.54) is 5.56 Å². The number of nitrogens with zero attached hydrogens (tertiary/aromatic N) is 2. The summed E-state index contributed by atoms with van der Waals surface area (Å²) in [5.41, 5.74) is 3.21. The molecule has 2 N–H and O–H groups in total. The number of nitrogens with one attached hydrogen (secondary N) is 1. The molecule has 0 aliphatic carbocycles. The first-order valence-electron chi connectivity index (χ1n) is 12.4. The Morgan fingerprint density at radius 2 is 1.71 bits per heavy atom. The van der Waals surface area contributed by atoms with Crippen molar-refractivity contribution in [3.05, 3.63) is 82.5 Å². The van der Waals surface area contributed by atoms with Crippen LogP contribution in [0.4, 0.5) is 5.82 Å². The SMILES string of the molecule is CCC(CC)(CC(=O)c1c(C)nn2c1NC(c1ccccc1)CC2(C)C)c1ccc(C(=O)O)cc1. The van der Waals surface area contributed by atoms with Gasteiger partial charge in [0.05, 0.1) is 28.4 Å². The van der Waals surface area contributed by atoms with E-state index in [1.807, 2.05) is 41.9 Å². The quantitative estimate of drug-likeness (QED) is 0.364. The van der Waals surface area contributed by atoms with Crippen LogP contribution in [0.3, 0.4) is 0 Å². The lowest BCUT2D eigenvalue weighted by Crippen LogP contribution is -2.38. The Balaban J connectivity index is 1.71. The predicted molar refractivity (Wildman–Crippen MR) is 138 cm³/mol. The summed E-state index contributed by atoms with van der Waals surface area (Å²) >= 11 is 0. The number of rotatable bonds is 8. The van der Waals surface area contributed by atoms with Crippen LogP contribution >= 0.6 is 0 Å². The van der Waals surface area contributed by atoms with Crippen molar-refractivity contribution in [3.63, 3.8) is 0 Å². The van der Waals surface area contributed by atoms with E-state index in [-0.39, 0.29) is 28.3 Å². The van der Waals surface area contributed by atoms with Crippen LogP contribution in [0.2, 0.25) is 0 Å². The first-order valence-corrected chi connectivity index (χ1v) is 12.4. The highest BCUT2D eigenvalue weighted by molar-refractivity contribution is 6.02. The first kappa shape index (κ1) is 24.7. The third-order valence-corrected chi connectivity index (χ3v) is 7.73. The molecule has 0 spiro atoms. The highest BCUT2D eigenvalue weighted by Gasteiger charge is 2.40. The van der Waals surface area contributed by atoms with Gasteiger partial charge in [0, 0.05) is 11.8 Å². The molecule has 0 saturated carbocycles. The number of ketones is 1. The Kier molecular flexibility index (Phi) is 6.58. The zero-order chi connectivity index (χ0) is 25.4. The molecule has 0 saturated heterocycles. The van der Waals surface area contributed by atoms with E-state index >= 15 is 0 Å². The zero-order valence-corrected chi connectivity index (χ0v) is 21.3. The smallest absolute Gasteiger partial charge is 0.335 e. The van der Waals surface area contributed by atoms with E-state index in [0.29, 0.717) is 12.0 Å². The standard InChI is InChI=1S/C29H35N3O3/c1-6-29(7-2,22-15-13-21(14-16-22)27(34)35)18-24(33)25-19(3)31-32-26(25)30-23(17-28(32,4)5)20-11-9-8-10-12-20/h8-16,23,30H,6-7,17-18H2,1-5H3,(H,34,35). The lowest BCUT2D eigenvalue weighted by molar-refractivity contribution is 0.0696. The lowest BCUT2D eigenvalue weighted by Gasteiger charge is -2.38. The van der Waals surface area contributed by atoms with Gasteiger partial charge in [-0.3, -0.25) is 4.79 Å². The summed E-state index contributed by atoms with van der Waals surface area (Å²) in [5.74, 6) is -0.0956. The van der Waals surface area contributed by atoms with Gasteiger partial charge in [-0.25, -0.2) is 9.48 Å². The van der Waals surface area contributed by atoms with Crippen LogP contribution in [0.5, 0.6) is 0 Å². The Morgan fingerprint density at radius 3 is 2.29 bits per heavy atom. The molecule has 2 heterocycles. The molecular weight excluding hydrogens is 438 g/mol. The van der Waals surface area contributed by atoms with Gasteiger partial charge in [-0.1, -0.05) is 56.3 Å². The van der Waals surface area contributed by atoms with Crippen LogP contribution in [0.25, 0.3) is 0 Å². The maximum Gasteiger partial charge on any atom is 0.335 e. The summed E-state index contributed by atoms with van der Waals surface area (Å²) in [6.07, 6.45) is 2.75. The molecule has 184 valence electrons. The molecule has 1 aliphatic heterocycles. The molecule has 1 aromatic heterocycles. The minimum absolute atomic E-state index is 0.0618. The molecule has 3 aromatic rings. The number of Topliss-reactive ketones (excluding diaryl/α,β-unsaturated/α-hetero) is 1. The minimum atomic E-state index is -0.949. The molecule has 4 rings (SSSR count).